The maximum Gasteiger partial charge on any atom is 0.335 e. The first-order chi connectivity index (χ1) is 30.5. The van der Waals surface area contributed by atoms with E-state index in [4.69, 9.17) is 38.0 Å². The molecule has 0 bridgehead atoms. The Bertz CT molecular complexity index is 1730. The van der Waals surface area contributed by atoms with Crippen LogP contribution in [0.1, 0.15) is 61.6 Å². The van der Waals surface area contributed by atoms with Gasteiger partial charge in [-0.05, 0) is 29.7 Å². The van der Waals surface area contributed by atoms with Gasteiger partial charge in [0.15, 0.2) is 0 Å². The summed E-state index contributed by atoms with van der Waals surface area (Å²) in [5.74, 6) is -4.29. The van der Waals surface area contributed by atoms with Gasteiger partial charge in [-0.3, -0.25) is 24.0 Å². The van der Waals surface area contributed by atoms with Gasteiger partial charge in [0.2, 0.25) is 17.7 Å². The van der Waals surface area contributed by atoms with E-state index in [1.54, 1.807) is 18.1 Å². The minimum Gasteiger partial charge on any atom is -0.382 e. The van der Waals surface area contributed by atoms with E-state index in [9.17, 15) is 28.8 Å². The first-order valence-electron chi connectivity index (χ1n) is 21.2. The van der Waals surface area contributed by atoms with Crippen LogP contribution in [0.25, 0.3) is 0 Å². The fourth-order valence-electron chi connectivity index (χ4n) is 6.02. The molecule has 0 radical (unpaired) electrons. The van der Waals surface area contributed by atoms with Crippen molar-refractivity contribution in [2.75, 3.05) is 104 Å². The molecule has 1 fully saturated rings. The van der Waals surface area contributed by atoms with Gasteiger partial charge in [-0.2, -0.15) is 0 Å². The second-order valence-corrected chi connectivity index (χ2v) is 14.3. The number of hydroxylamine groups is 2. The Balaban J connectivity index is 1.44. The summed E-state index contributed by atoms with van der Waals surface area (Å²) in [5.41, 5.74) is 3.49. The second-order valence-electron chi connectivity index (χ2n) is 14.3. The Morgan fingerprint density at radius 1 is 0.746 bits per heavy atom. The first-order valence-corrected chi connectivity index (χ1v) is 21.2. The number of hydrogen-bond donors (Lipinski definition) is 2. The number of carbonyl (C=O) groups excluding carboxylic acids is 6. The smallest absolute Gasteiger partial charge is 0.335 e. The summed E-state index contributed by atoms with van der Waals surface area (Å²) in [6.45, 7) is 13.2. The van der Waals surface area contributed by atoms with Gasteiger partial charge in [0.05, 0.1) is 98.9 Å². The lowest BCUT2D eigenvalue weighted by Crippen LogP contribution is -2.49. The molecule has 1 heterocycles. The third-order valence-electron chi connectivity index (χ3n) is 9.59. The second kappa shape index (κ2) is 30.9. The summed E-state index contributed by atoms with van der Waals surface area (Å²) in [6.07, 6.45) is 0.337. The number of imide groups is 1. The quantitative estimate of drug-likeness (QED) is 0.0589. The highest BCUT2D eigenvalue weighted by Crippen LogP contribution is 2.30. The summed E-state index contributed by atoms with van der Waals surface area (Å²) in [6, 6.07) is 13.8. The molecule has 1 aliphatic heterocycles. The molecular formula is C45H64N4O14. The number of ether oxygens (including phenoxy) is 7. The number of carbonyl (C=O) groups is 6. The number of hydrogen-bond acceptors (Lipinski definition) is 14. The van der Waals surface area contributed by atoms with Crippen molar-refractivity contribution in [3.63, 3.8) is 0 Å². The summed E-state index contributed by atoms with van der Waals surface area (Å²) >= 11 is 0. The van der Waals surface area contributed by atoms with Crippen molar-refractivity contribution in [3.05, 3.63) is 77.9 Å². The zero-order chi connectivity index (χ0) is 45.7. The van der Waals surface area contributed by atoms with E-state index < -0.39 is 42.1 Å². The molecule has 0 aliphatic carbocycles. The van der Waals surface area contributed by atoms with Crippen molar-refractivity contribution < 1.29 is 66.8 Å². The third kappa shape index (κ3) is 20.3. The number of para-hydroxylation sites is 1. The normalized spacial score (nSPS) is 13.4. The Kier molecular flexibility index (Phi) is 25.6. The number of methoxy groups -OCH3 is 1. The number of amides is 5. The number of allylic oxidation sites excluding steroid dienone is 1. The molecular weight excluding hydrogens is 821 g/mol. The molecule has 0 spiro atoms. The van der Waals surface area contributed by atoms with E-state index in [-0.39, 0.29) is 70.4 Å². The van der Waals surface area contributed by atoms with Gasteiger partial charge in [0.1, 0.15) is 6.04 Å². The molecule has 1 saturated heterocycles. The van der Waals surface area contributed by atoms with Crippen LogP contribution in [-0.2, 0) is 73.3 Å². The Morgan fingerprint density at radius 2 is 1.27 bits per heavy atom. The van der Waals surface area contributed by atoms with Crippen LogP contribution < -0.4 is 15.5 Å². The van der Waals surface area contributed by atoms with Crippen molar-refractivity contribution in [2.45, 2.75) is 64.5 Å². The SMILES string of the molecule is C=CC(C)c1ccccc1N(Cc1ccccc1C)C(=O)CCC(=O)N[C@@H](CC(=O)ON1C(=O)CCC1=O)C(=O)NCCOCCOCCOCCOCCOCCOCCOC. The average Bonchev–Trinajstić information content (AvgIpc) is 3.59. The van der Waals surface area contributed by atoms with Crippen molar-refractivity contribution in [3.8, 4) is 0 Å². The molecule has 3 rings (SSSR count). The van der Waals surface area contributed by atoms with E-state index in [1.807, 2.05) is 62.4 Å². The number of nitrogens with one attached hydrogen (secondary N) is 2. The number of benzene rings is 2. The summed E-state index contributed by atoms with van der Waals surface area (Å²) in [5, 5.41) is 5.51. The molecule has 18 nitrogen and oxygen atoms in total. The third-order valence-corrected chi connectivity index (χ3v) is 9.59. The fourth-order valence-corrected chi connectivity index (χ4v) is 6.02. The maximum atomic E-state index is 13.9. The van der Waals surface area contributed by atoms with Crippen LogP contribution in [0.3, 0.4) is 0 Å². The van der Waals surface area contributed by atoms with E-state index in [1.165, 1.54) is 0 Å². The topological polar surface area (TPSA) is 207 Å². The van der Waals surface area contributed by atoms with Crippen LogP contribution in [0, 0.1) is 6.92 Å². The van der Waals surface area contributed by atoms with Gasteiger partial charge in [0, 0.05) is 50.9 Å². The predicted octanol–water partition coefficient (Wildman–Crippen LogP) is 2.94. The molecule has 18 heteroatoms. The summed E-state index contributed by atoms with van der Waals surface area (Å²) < 4.78 is 37.6. The molecule has 2 aromatic carbocycles. The predicted molar refractivity (Wildman–Crippen MR) is 230 cm³/mol. The number of aryl methyl sites for hydroxylation is 1. The van der Waals surface area contributed by atoms with Gasteiger partial charge < -0.3 is 53.5 Å². The first kappa shape index (κ1) is 52.3. The van der Waals surface area contributed by atoms with Crippen LogP contribution in [0.2, 0.25) is 0 Å². The zero-order valence-corrected chi connectivity index (χ0v) is 36.8. The molecule has 1 aliphatic rings. The highest BCUT2D eigenvalue weighted by atomic mass is 16.7. The van der Waals surface area contributed by atoms with Crippen LogP contribution in [-0.4, -0.2) is 146 Å². The average molecular weight is 885 g/mol. The van der Waals surface area contributed by atoms with Crippen molar-refractivity contribution in [1.29, 1.82) is 0 Å². The lowest BCUT2D eigenvalue weighted by molar-refractivity contribution is -0.197. The standard InChI is InChI=1S/C45H64N4O14/c1-5-34(2)37-12-8-9-13-39(37)48(33-36-11-7-6-10-35(36)3)41(51)15-14-40(50)47-38(32-44(54)63-49-42(52)16-17-43(49)53)45(55)46-18-19-57-22-23-59-26-27-61-30-31-62-29-28-60-25-24-58-21-20-56-4/h5-13,34,38H,1,14-33H2,2-4H3,(H,46,55)(H,47,50)/t34?,38-/m0/s1. The molecule has 5 amide bonds. The highest BCUT2D eigenvalue weighted by Gasteiger charge is 2.34. The molecule has 2 atom stereocenters. The highest BCUT2D eigenvalue weighted by molar-refractivity contribution is 6.02. The molecule has 0 saturated carbocycles. The number of anilines is 1. The van der Waals surface area contributed by atoms with Gasteiger partial charge in [0.25, 0.3) is 11.8 Å². The minimum absolute atomic E-state index is 0.0224. The van der Waals surface area contributed by atoms with Crippen molar-refractivity contribution in [2.24, 2.45) is 0 Å². The molecule has 2 aromatic rings. The van der Waals surface area contributed by atoms with Gasteiger partial charge in [-0.15, -0.1) is 11.6 Å². The molecule has 0 aromatic heterocycles. The molecule has 348 valence electrons. The monoisotopic (exact) mass is 884 g/mol. The summed E-state index contributed by atoms with van der Waals surface area (Å²) in [7, 11) is 1.62. The number of rotatable bonds is 34. The Morgan fingerprint density at radius 3 is 1.83 bits per heavy atom. The van der Waals surface area contributed by atoms with Crippen molar-refractivity contribution in [1.82, 2.24) is 15.7 Å². The van der Waals surface area contributed by atoms with E-state index >= 15 is 0 Å². The lowest BCUT2D eigenvalue weighted by atomic mass is 9.97. The molecule has 2 N–H and O–H groups in total. The van der Waals surface area contributed by atoms with E-state index in [0.717, 1.165) is 16.7 Å². The van der Waals surface area contributed by atoms with Gasteiger partial charge in [-0.1, -0.05) is 55.5 Å². The Hall–Kier alpha value is -5.08. The maximum absolute atomic E-state index is 13.9. The number of nitrogens with zero attached hydrogens (tertiary/aromatic N) is 2. The molecule has 63 heavy (non-hydrogen) atoms. The largest absolute Gasteiger partial charge is 0.382 e. The van der Waals surface area contributed by atoms with Crippen molar-refractivity contribution >= 4 is 41.2 Å². The van der Waals surface area contributed by atoms with Crippen LogP contribution in [0.5, 0.6) is 0 Å². The van der Waals surface area contributed by atoms with Crippen LogP contribution in [0.15, 0.2) is 61.2 Å². The van der Waals surface area contributed by atoms with Crippen LogP contribution >= 0.6 is 0 Å². The van der Waals surface area contributed by atoms with Crippen LogP contribution in [0.4, 0.5) is 5.69 Å². The van der Waals surface area contributed by atoms with E-state index in [0.29, 0.717) is 76.8 Å². The lowest BCUT2D eigenvalue weighted by Gasteiger charge is -2.27. The van der Waals surface area contributed by atoms with E-state index in [2.05, 4.69) is 17.2 Å². The minimum atomic E-state index is -1.45. The summed E-state index contributed by atoms with van der Waals surface area (Å²) in [4.78, 5) is 84.1. The fraction of sp³-hybridized carbons (Fsp3) is 0.556. The van der Waals surface area contributed by atoms with Gasteiger partial charge in [-0.25, -0.2) is 4.79 Å². The Labute approximate surface area is 369 Å². The molecule has 1 unspecified atom stereocenters. The zero-order valence-electron chi connectivity index (χ0n) is 36.8. The van der Waals surface area contributed by atoms with Gasteiger partial charge >= 0.3 is 5.97 Å².